The molecule has 2 aromatic rings. The standard InChI is InChI=1S/C22H28N2O4S/c1-16-13-17(2)21(18(3)14-16)29(26,27)23-20(15-19-7-5-4-6-8-19)22(25)24-9-11-28-12-10-24/h4-8,13-14,20,23H,9-12,15H2,1-3H3/t20-/m1/s1. The van der Waals surface area contributed by atoms with Crippen molar-refractivity contribution >= 4 is 15.9 Å². The van der Waals surface area contributed by atoms with Crippen LogP contribution in [0.2, 0.25) is 0 Å². The number of carbonyl (C=O) groups is 1. The Labute approximate surface area is 172 Å². The summed E-state index contributed by atoms with van der Waals surface area (Å²) in [7, 11) is -3.87. The average Bonchev–Trinajstić information content (AvgIpc) is 2.67. The van der Waals surface area contributed by atoms with E-state index in [2.05, 4.69) is 4.72 Å². The number of carbonyl (C=O) groups excluding carboxylic acids is 1. The van der Waals surface area contributed by atoms with Gasteiger partial charge in [0.05, 0.1) is 18.1 Å². The Hall–Kier alpha value is -2.22. The predicted octanol–water partition coefficient (Wildman–Crippen LogP) is 2.36. The number of nitrogens with zero attached hydrogens (tertiary/aromatic N) is 1. The summed E-state index contributed by atoms with van der Waals surface area (Å²) in [5.41, 5.74) is 3.25. The van der Waals surface area contributed by atoms with Crippen LogP contribution in [0.25, 0.3) is 0 Å². The van der Waals surface area contributed by atoms with Gasteiger partial charge in [-0.1, -0.05) is 48.0 Å². The van der Waals surface area contributed by atoms with Gasteiger partial charge < -0.3 is 9.64 Å². The topological polar surface area (TPSA) is 75.7 Å². The molecule has 0 unspecified atom stereocenters. The number of nitrogens with one attached hydrogen (secondary N) is 1. The highest BCUT2D eigenvalue weighted by molar-refractivity contribution is 7.89. The molecule has 7 heteroatoms. The molecule has 2 aromatic carbocycles. The van der Waals surface area contributed by atoms with Crippen molar-refractivity contribution in [3.8, 4) is 0 Å². The molecule has 156 valence electrons. The van der Waals surface area contributed by atoms with Gasteiger partial charge in [-0.15, -0.1) is 0 Å². The molecule has 0 radical (unpaired) electrons. The third-order valence-electron chi connectivity index (χ3n) is 5.07. The molecule has 1 atom stereocenters. The molecule has 1 amide bonds. The first-order valence-electron chi connectivity index (χ1n) is 9.78. The fourth-order valence-corrected chi connectivity index (χ4v) is 5.51. The SMILES string of the molecule is Cc1cc(C)c(S(=O)(=O)N[C@H](Cc2ccccc2)C(=O)N2CCOCC2)c(C)c1. The summed E-state index contributed by atoms with van der Waals surface area (Å²) in [5.74, 6) is -0.219. The van der Waals surface area contributed by atoms with E-state index in [4.69, 9.17) is 4.74 Å². The molecule has 0 aromatic heterocycles. The van der Waals surface area contributed by atoms with Crippen LogP contribution in [0.1, 0.15) is 22.3 Å². The van der Waals surface area contributed by atoms with Crippen molar-refractivity contribution in [2.45, 2.75) is 38.1 Å². The maximum absolute atomic E-state index is 13.3. The van der Waals surface area contributed by atoms with E-state index in [-0.39, 0.29) is 10.8 Å². The third kappa shape index (κ3) is 5.23. The molecule has 1 heterocycles. The molecule has 1 N–H and O–H groups in total. The summed E-state index contributed by atoms with van der Waals surface area (Å²) in [5, 5.41) is 0. The Morgan fingerprint density at radius 3 is 2.24 bits per heavy atom. The molecule has 1 aliphatic rings. The summed E-state index contributed by atoms with van der Waals surface area (Å²) in [4.78, 5) is 15.1. The minimum atomic E-state index is -3.87. The lowest BCUT2D eigenvalue weighted by Crippen LogP contribution is -2.52. The molecule has 0 aliphatic carbocycles. The highest BCUT2D eigenvalue weighted by atomic mass is 32.2. The highest BCUT2D eigenvalue weighted by Crippen LogP contribution is 2.22. The molecular weight excluding hydrogens is 388 g/mol. The normalized spacial score (nSPS) is 15.9. The fraction of sp³-hybridized carbons (Fsp3) is 0.409. The Morgan fingerprint density at radius 1 is 1.07 bits per heavy atom. The maximum atomic E-state index is 13.3. The van der Waals surface area contributed by atoms with Crippen molar-refractivity contribution in [1.29, 1.82) is 0 Å². The van der Waals surface area contributed by atoms with Crippen LogP contribution in [0, 0.1) is 20.8 Å². The number of hydrogen-bond donors (Lipinski definition) is 1. The predicted molar refractivity (Wildman–Crippen MR) is 112 cm³/mol. The van der Waals surface area contributed by atoms with Gasteiger partial charge in [0.1, 0.15) is 6.04 Å². The van der Waals surface area contributed by atoms with E-state index in [0.717, 1.165) is 11.1 Å². The number of aryl methyl sites for hydroxylation is 3. The molecule has 1 saturated heterocycles. The van der Waals surface area contributed by atoms with Gasteiger partial charge >= 0.3 is 0 Å². The van der Waals surface area contributed by atoms with Crippen LogP contribution < -0.4 is 4.72 Å². The van der Waals surface area contributed by atoms with E-state index < -0.39 is 16.1 Å². The Bertz CT molecular complexity index is 945. The Balaban J connectivity index is 1.92. The van der Waals surface area contributed by atoms with Gasteiger partial charge in [0.15, 0.2) is 0 Å². The van der Waals surface area contributed by atoms with Gasteiger partial charge in [-0.05, 0) is 43.9 Å². The van der Waals surface area contributed by atoms with E-state index in [9.17, 15) is 13.2 Å². The lowest BCUT2D eigenvalue weighted by Gasteiger charge is -2.31. The number of hydrogen-bond acceptors (Lipinski definition) is 4. The molecule has 0 bridgehead atoms. The summed E-state index contributed by atoms with van der Waals surface area (Å²) in [6.07, 6.45) is 0.292. The van der Waals surface area contributed by atoms with E-state index in [1.165, 1.54) is 0 Å². The first-order chi connectivity index (χ1) is 13.8. The first-order valence-corrected chi connectivity index (χ1v) is 11.3. The minimum Gasteiger partial charge on any atom is -0.378 e. The quantitative estimate of drug-likeness (QED) is 0.784. The number of amides is 1. The fourth-order valence-electron chi connectivity index (χ4n) is 3.87. The molecule has 0 saturated carbocycles. The van der Waals surface area contributed by atoms with E-state index in [0.29, 0.717) is 43.9 Å². The largest absolute Gasteiger partial charge is 0.378 e. The zero-order chi connectivity index (χ0) is 21.0. The van der Waals surface area contributed by atoms with Crippen LogP contribution in [-0.2, 0) is 26.0 Å². The second kappa shape index (κ2) is 9.07. The van der Waals surface area contributed by atoms with Crippen molar-refractivity contribution in [3.63, 3.8) is 0 Å². The molecule has 3 rings (SSSR count). The van der Waals surface area contributed by atoms with E-state index in [1.54, 1.807) is 18.7 Å². The van der Waals surface area contributed by atoms with Gasteiger partial charge in [-0.3, -0.25) is 4.79 Å². The molecule has 6 nitrogen and oxygen atoms in total. The van der Waals surface area contributed by atoms with Gasteiger partial charge in [0.2, 0.25) is 15.9 Å². The number of sulfonamides is 1. The third-order valence-corrected chi connectivity index (χ3v) is 6.85. The highest BCUT2D eigenvalue weighted by Gasteiger charge is 2.31. The van der Waals surface area contributed by atoms with Crippen LogP contribution in [-0.4, -0.2) is 51.6 Å². The Morgan fingerprint density at radius 2 is 1.66 bits per heavy atom. The van der Waals surface area contributed by atoms with E-state index in [1.807, 2.05) is 49.4 Å². The number of rotatable bonds is 6. The minimum absolute atomic E-state index is 0.219. The lowest BCUT2D eigenvalue weighted by atomic mass is 10.1. The number of ether oxygens (including phenoxy) is 1. The Kier molecular flexibility index (Phi) is 6.72. The molecule has 0 spiro atoms. The van der Waals surface area contributed by atoms with Crippen molar-refractivity contribution in [3.05, 3.63) is 64.7 Å². The lowest BCUT2D eigenvalue weighted by molar-refractivity contribution is -0.137. The van der Waals surface area contributed by atoms with Crippen molar-refractivity contribution in [2.75, 3.05) is 26.3 Å². The monoisotopic (exact) mass is 416 g/mol. The molecule has 1 fully saturated rings. The van der Waals surface area contributed by atoms with Crippen LogP contribution in [0.15, 0.2) is 47.4 Å². The summed E-state index contributed by atoms with van der Waals surface area (Å²) in [6.45, 7) is 7.36. The molecular formula is C22H28N2O4S. The van der Waals surface area contributed by atoms with Gasteiger partial charge in [0.25, 0.3) is 0 Å². The van der Waals surface area contributed by atoms with Gasteiger partial charge in [-0.25, -0.2) is 8.42 Å². The average molecular weight is 417 g/mol. The second-order valence-corrected chi connectivity index (χ2v) is 9.18. The van der Waals surface area contributed by atoms with Gasteiger partial charge in [0, 0.05) is 13.1 Å². The van der Waals surface area contributed by atoms with Crippen molar-refractivity contribution < 1.29 is 17.9 Å². The second-order valence-electron chi connectivity index (χ2n) is 7.53. The molecule has 1 aliphatic heterocycles. The van der Waals surface area contributed by atoms with E-state index >= 15 is 0 Å². The van der Waals surface area contributed by atoms with Crippen LogP contribution in [0.5, 0.6) is 0 Å². The zero-order valence-electron chi connectivity index (χ0n) is 17.1. The van der Waals surface area contributed by atoms with Crippen LogP contribution in [0.3, 0.4) is 0 Å². The van der Waals surface area contributed by atoms with Crippen molar-refractivity contribution in [1.82, 2.24) is 9.62 Å². The van der Waals surface area contributed by atoms with Crippen LogP contribution >= 0.6 is 0 Å². The van der Waals surface area contributed by atoms with Gasteiger partial charge in [-0.2, -0.15) is 4.72 Å². The summed E-state index contributed by atoms with van der Waals surface area (Å²) >= 11 is 0. The van der Waals surface area contributed by atoms with Crippen molar-refractivity contribution in [2.24, 2.45) is 0 Å². The zero-order valence-corrected chi connectivity index (χ0v) is 18.0. The van der Waals surface area contributed by atoms with Crippen LogP contribution in [0.4, 0.5) is 0 Å². The molecule has 29 heavy (non-hydrogen) atoms. The number of benzene rings is 2. The summed E-state index contributed by atoms with van der Waals surface area (Å²) < 4.78 is 34.6. The number of morpholine rings is 1. The first kappa shape index (κ1) is 21.5. The maximum Gasteiger partial charge on any atom is 0.241 e. The summed E-state index contributed by atoms with van der Waals surface area (Å²) in [6, 6.07) is 12.3. The smallest absolute Gasteiger partial charge is 0.241 e.